The van der Waals surface area contributed by atoms with Crippen molar-refractivity contribution in [1.29, 1.82) is 0 Å². The number of ether oxygens (including phenoxy) is 1. The summed E-state index contributed by atoms with van der Waals surface area (Å²) < 4.78 is 5.42. The van der Waals surface area contributed by atoms with E-state index in [0.717, 1.165) is 22.3 Å². The van der Waals surface area contributed by atoms with E-state index in [1.54, 1.807) is 6.92 Å². The van der Waals surface area contributed by atoms with Gasteiger partial charge in [0.1, 0.15) is 12.6 Å². The quantitative estimate of drug-likeness (QED) is 0.525. The number of fused-ring (bicyclic) bond motifs is 3. The fourth-order valence-corrected chi connectivity index (χ4v) is 3.61. The van der Waals surface area contributed by atoms with E-state index in [1.807, 2.05) is 48.5 Å². The van der Waals surface area contributed by atoms with E-state index in [2.05, 4.69) is 10.6 Å². The second kappa shape index (κ2) is 9.41. The van der Waals surface area contributed by atoms with Crippen molar-refractivity contribution in [3.8, 4) is 11.1 Å². The molecule has 0 radical (unpaired) electrons. The molecule has 0 fully saturated rings. The summed E-state index contributed by atoms with van der Waals surface area (Å²) >= 11 is 0. The van der Waals surface area contributed by atoms with Gasteiger partial charge in [0.05, 0.1) is 6.61 Å². The van der Waals surface area contributed by atoms with Crippen LogP contribution in [0.4, 0.5) is 4.79 Å². The van der Waals surface area contributed by atoms with Gasteiger partial charge in [-0.15, -0.1) is 0 Å². The monoisotopic (exact) mass is 412 g/mol. The highest BCUT2D eigenvalue weighted by Crippen LogP contribution is 2.44. The maximum Gasteiger partial charge on any atom is 0.407 e. The van der Waals surface area contributed by atoms with Crippen molar-refractivity contribution >= 4 is 18.0 Å². The summed E-state index contributed by atoms with van der Waals surface area (Å²) in [7, 11) is 0. The zero-order chi connectivity index (χ0) is 21.7. The topological polar surface area (TPSA) is 125 Å². The number of benzene rings is 2. The van der Waals surface area contributed by atoms with Crippen LogP contribution in [-0.2, 0) is 14.3 Å². The fourth-order valence-electron chi connectivity index (χ4n) is 3.61. The third-order valence-corrected chi connectivity index (χ3v) is 5.02. The predicted octanol–water partition coefficient (Wildman–Crippen LogP) is 1.87. The summed E-state index contributed by atoms with van der Waals surface area (Å²) in [5.74, 6) is -1.99. The van der Waals surface area contributed by atoms with Crippen molar-refractivity contribution in [3.63, 3.8) is 0 Å². The van der Waals surface area contributed by atoms with Crippen LogP contribution in [0.2, 0.25) is 0 Å². The van der Waals surface area contributed by atoms with Crippen molar-refractivity contribution in [2.75, 3.05) is 13.2 Å². The van der Waals surface area contributed by atoms with Crippen LogP contribution in [0.25, 0.3) is 11.1 Å². The first kappa shape index (κ1) is 21.3. The Kier molecular flexibility index (Phi) is 6.68. The maximum absolute atomic E-state index is 12.2. The van der Waals surface area contributed by atoms with Gasteiger partial charge in [-0.3, -0.25) is 4.79 Å². The first-order chi connectivity index (χ1) is 14.4. The average molecular weight is 412 g/mol. The fraction of sp³-hybridized carbons (Fsp3) is 0.318. The summed E-state index contributed by atoms with van der Waals surface area (Å²) in [5.41, 5.74) is 4.46. The number of rotatable bonds is 8. The van der Waals surface area contributed by atoms with Crippen LogP contribution in [-0.4, -0.2) is 53.5 Å². The Hall–Kier alpha value is -3.39. The number of aliphatic hydroxyl groups excluding tert-OH is 1. The van der Waals surface area contributed by atoms with Gasteiger partial charge in [0.2, 0.25) is 5.91 Å². The smallest absolute Gasteiger partial charge is 0.407 e. The second-order valence-corrected chi connectivity index (χ2v) is 7.22. The molecule has 0 spiro atoms. The molecule has 2 atom stereocenters. The molecular formula is C22H24N2O6. The van der Waals surface area contributed by atoms with E-state index in [9.17, 15) is 14.4 Å². The third kappa shape index (κ3) is 4.77. The van der Waals surface area contributed by atoms with Gasteiger partial charge in [-0.25, -0.2) is 9.59 Å². The van der Waals surface area contributed by atoms with Gasteiger partial charge in [-0.1, -0.05) is 48.5 Å². The van der Waals surface area contributed by atoms with E-state index in [-0.39, 0.29) is 18.9 Å². The van der Waals surface area contributed by atoms with Crippen molar-refractivity contribution in [2.45, 2.75) is 31.3 Å². The average Bonchev–Trinajstić information content (AvgIpc) is 3.04. The Morgan fingerprint density at radius 3 is 2.10 bits per heavy atom. The number of carbonyl (C=O) groups is 3. The number of alkyl carbamates (subject to hydrolysis) is 1. The minimum Gasteiger partial charge on any atom is -0.480 e. The summed E-state index contributed by atoms with van der Waals surface area (Å²) in [5, 5.41) is 22.6. The maximum atomic E-state index is 12.2. The molecule has 4 N–H and O–H groups in total. The molecule has 0 saturated heterocycles. The van der Waals surface area contributed by atoms with E-state index < -0.39 is 36.7 Å². The lowest BCUT2D eigenvalue weighted by atomic mass is 9.98. The summed E-state index contributed by atoms with van der Waals surface area (Å²) in [6.07, 6.45) is -0.803. The molecule has 0 saturated carbocycles. The van der Waals surface area contributed by atoms with Gasteiger partial charge in [0.15, 0.2) is 0 Å². The number of amides is 2. The molecular weight excluding hydrogens is 388 g/mol. The van der Waals surface area contributed by atoms with E-state index in [1.165, 1.54) is 0 Å². The van der Waals surface area contributed by atoms with Gasteiger partial charge < -0.3 is 25.6 Å². The molecule has 0 aromatic heterocycles. The predicted molar refractivity (Wildman–Crippen MR) is 109 cm³/mol. The number of carboxylic acids is 1. The van der Waals surface area contributed by atoms with Crippen LogP contribution < -0.4 is 10.6 Å². The number of nitrogens with one attached hydrogen (secondary N) is 2. The number of carboxylic acid groups (broad SMARTS) is 1. The molecule has 2 amide bonds. The largest absolute Gasteiger partial charge is 0.480 e. The van der Waals surface area contributed by atoms with Crippen molar-refractivity contribution in [2.24, 2.45) is 0 Å². The molecule has 0 heterocycles. The first-order valence-corrected chi connectivity index (χ1v) is 9.65. The second-order valence-electron chi connectivity index (χ2n) is 7.22. The number of carbonyl (C=O) groups excluding carboxylic acids is 2. The SMILES string of the molecule is C[C@H](CC(=O)NC(CO)C(=O)O)NC(=O)OCC1c2ccccc2-c2ccccc21. The van der Waals surface area contributed by atoms with E-state index >= 15 is 0 Å². The minimum atomic E-state index is -1.38. The highest BCUT2D eigenvalue weighted by atomic mass is 16.5. The molecule has 2 aromatic carbocycles. The van der Waals surface area contributed by atoms with Crippen molar-refractivity contribution in [3.05, 3.63) is 59.7 Å². The molecule has 1 unspecified atom stereocenters. The normalized spacial score (nSPS) is 14.2. The molecule has 0 bridgehead atoms. The first-order valence-electron chi connectivity index (χ1n) is 9.65. The lowest BCUT2D eigenvalue weighted by Gasteiger charge is -2.18. The summed E-state index contributed by atoms with van der Waals surface area (Å²) in [6, 6.07) is 14.0. The van der Waals surface area contributed by atoms with Gasteiger partial charge in [0.25, 0.3) is 0 Å². The molecule has 8 nitrogen and oxygen atoms in total. The lowest BCUT2D eigenvalue weighted by molar-refractivity contribution is -0.143. The Bertz CT molecular complexity index is 899. The Morgan fingerprint density at radius 1 is 1.00 bits per heavy atom. The highest BCUT2D eigenvalue weighted by molar-refractivity contribution is 5.84. The number of hydrogen-bond acceptors (Lipinski definition) is 5. The summed E-state index contributed by atoms with van der Waals surface area (Å²) in [4.78, 5) is 34.9. The highest BCUT2D eigenvalue weighted by Gasteiger charge is 2.29. The number of aliphatic carboxylic acids is 1. The molecule has 1 aliphatic carbocycles. The van der Waals surface area contributed by atoms with Crippen LogP contribution >= 0.6 is 0 Å². The Labute approximate surface area is 173 Å². The van der Waals surface area contributed by atoms with Gasteiger partial charge in [-0.2, -0.15) is 0 Å². The van der Waals surface area contributed by atoms with Crippen LogP contribution in [0.1, 0.15) is 30.4 Å². The Balaban J connectivity index is 1.54. The molecule has 2 aromatic rings. The molecule has 1 aliphatic rings. The molecule has 8 heteroatoms. The Morgan fingerprint density at radius 2 is 1.57 bits per heavy atom. The molecule has 158 valence electrons. The van der Waals surface area contributed by atoms with Crippen LogP contribution in [0.3, 0.4) is 0 Å². The van der Waals surface area contributed by atoms with Crippen molar-refractivity contribution in [1.82, 2.24) is 10.6 Å². The van der Waals surface area contributed by atoms with E-state index in [0.29, 0.717) is 0 Å². The van der Waals surface area contributed by atoms with Gasteiger partial charge in [-0.05, 0) is 29.2 Å². The molecule has 3 rings (SSSR count). The summed E-state index contributed by atoms with van der Waals surface area (Å²) in [6.45, 7) is 1.05. The van der Waals surface area contributed by atoms with Crippen molar-refractivity contribution < 1.29 is 29.3 Å². The van der Waals surface area contributed by atoms with Crippen LogP contribution in [0.15, 0.2) is 48.5 Å². The van der Waals surface area contributed by atoms with Gasteiger partial charge >= 0.3 is 12.1 Å². The molecule has 30 heavy (non-hydrogen) atoms. The zero-order valence-electron chi connectivity index (χ0n) is 16.5. The molecule has 0 aliphatic heterocycles. The van der Waals surface area contributed by atoms with Crippen LogP contribution in [0.5, 0.6) is 0 Å². The van der Waals surface area contributed by atoms with E-state index in [4.69, 9.17) is 14.9 Å². The number of hydrogen-bond donors (Lipinski definition) is 4. The van der Waals surface area contributed by atoms with Gasteiger partial charge in [0, 0.05) is 18.4 Å². The number of aliphatic hydroxyl groups is 1. The zero-order valence-corrected chi connectivity index (χ0v) is 16.5. The lowest BCUT2D eigenvalue weighted by Crippen LogP contribution is -2.45. The standard InChI is InChI=1S/C22H24N2O6/c1-13(10-20(26)24-19(11-25)21(27)28)23-22(29)30-12-18-16-8-4-2-6-14(16)15-7-3-5-9-17(15)18/h2-9,13,18-19,25H,10-12H2,1H3,(H,23,29)(H,24,26)(H,27,28)/t13-,19?/m1/s1. The minimum absolute atomic E-state index is 0.0670. The third-order valence-electron chi connectivity index (χ3n) is 5.02. The van der Waals surface area contributed by atoms with Crippen LogP contribution in [0, 0.1) is 0 Å².